The summed E-state index contributed by atoms with van der Waals surface area (Å²) in [4.78, 5) is 31.1. The molecular weight excluding hydrogens is 1350 g/mol. The molecule has 0 fully saturated rings. The zero-order chi connectivity index (χ0) is 70.9. The van der Waals surface area contributed by atoms with Crippen molar-refractivity contribution in [3.05, 3.63) is 361 Å². The van der Waals surface area contributed by atoms with Gasteiger partial charge in [-0.15, -0.1) is 11.3 Å². The first-order valence-electron chi connectivity index (χ1n) is 36.4. The highest BCUT2D eigenvalue weighted by molar-refractivity contribution is 7.25. The number of furan rings is 1. The fourth-order valence-electron chi connectivity index (χ4n) is 16.9. The van der Waals surface area contributed by atoms with Crippen LogP contribution in [0.1, 0.15) is 57.7 Å². The summed E-state index contributed by atoms with van der Waals surface area (Å²) in [5, 5.41) is 6.99. The minimum absolute atomic E-state index is 0.00554. The molecule has 4 aliphatic rings. The Labute approximate surface area is 624 Å². The molecule has 0 bridgehead atoms. The second-order valence-electron chi connectivity index (χ2n) is 27.8. The van der Waals surface area contributed by atoms with E-state index in [0.717, 1.165) is 117 Å². The molecule has 4 atom stereocenters. The van der Waals surface area contributed by atoms with Crippen LogP contribution in [-0.4, -0.2) is 39.0 Å². The molecular formula is C96H60N8O3S. The highest BCUT2D eigenvalue weighted by atomic mass is 32.1. The average molecular weight is 1410 g/mol. The SMILES string of the molecule is C1=CC2c3c(cccc3-c3nc(-c4cccc(-c5ccccc5)c4)nc(-c4ccc5oc6ccccc6c5c4)n3)OC2c2c1n(-c1ccccc1)c1ccccc21.C1=CC2c3c(cccc3-c3nc(-c4ccccc4)nc(-c4ccc5c(c4)sc4ccccc45)n3)OC2c2c1n(-c1ccccc1)c1ccccc21. The monoisotopic (exact) mass is 1400 g/mol. The summed E-state index contributed by atoms with van der Waals surface area (Å²) in [6.45, 7) is 0. The summed E-state index contributed by atoms with van der Waals surface area (Å²) < 4.78 is 27.3. The minimum Gasteiger partial charge on any atom is -0.484 e. The third kappa shape index (κ3) is 10.0. The summed E-state index contributed by atoms with van der Waals surface area (Å²) in [6.07, 6.45) is 8.74. The molecule has 0 radical (unpaired) electrons. The van der Waals surface area contributed by atoms with E-state index >= 15 is 0 Å². The van der Waals surface area contributed by atoms with Crippen LogP contribution in [0.25, 0.3) is 167 Å². The molecule has 0 saturated carbocycles. The van der Waals surface area contributed by atoms with E-state index in [1.165, 1.54) is 47.6 Å². The van der Waals surface area contributed by atoms with E-state index in [-0.39, 0.29) is 24.0 Å². The van der Waals surface area contributed by atoms with Crippen molar-refractivity contribution in [2.24, 2.45) is 0 Å². The lowest BCUT2D eigenvalue weighted by Gasteiger charge is -2.22. The van der Waals surface area contributed by atoms with E-state index in [0.29, 0.717) is 34.9 Å². The molecule has 11 nitrogen and oxygen atoms in total. The van der Waals surface area contributed by atoms with E-state index < -0.39 is 0 Å². The van der Waals surface area contributed by atoms with Gasteiger partial charge in [-0.3, -0.25) is 0 Å². The van der Waals surface area contributed by atoms with Gasteiger partial charge in [0.2, 0.25) is 0 Å². The Kier molecular flexibility index (Phi) is 14.2. The maximum absolute atomic E-state index is 6.99. The molecule has 12 heteroatoms. The van der Waals surface area contributed by atoms with Gasteiger partial charge < -0.3 is 23.0 Å². The van der Waals surface area contributed by atoms with Gasteiger partial charge in [-0.05, 0) is 114 Å². The number of para-hydroxylation sites is 5. The number of ether oxygens (including phenoxy) is 2. The van der Waals surface area contributed by atoms with Crippen LogP contribution in [0.3, 0.4) is 0 Å². The molecule has 23 rings (SSSR count). The topological polar surface area (TPSA) is 119 Å². The number of hydrogen-bond donors (Lipinski definition) is 0. The van der Waals surface area contributed by atoms with Gasteiger partial charge >= 0.3 is 0 Å². The zero-order valence-corrected chi connectivity index (χ0v) is 58.7. The van der Waals surface area contributed by atoms with Crippen molar-refractivity contribution in [1.82, 2.24) is 39.0 Å². The lowest BCUT2D eigenvalue weighted by atomic mass is 9.83. The maximum Gasteiger partial charge on any atom is 0.164 e. The van der Waals surface area contributed by atoms with Gasteiger partial charge in [-0.25, -0.2) is 29.9 Å². The Morgan fingerprint density at radius 2 is 0.704 bits per heavy atom. The van der Waals surface area contributed by atoms with Crippen molar-refractivity contribution < 1.29 is 13.9 Å². The molecule has 13 aromatic carbocycles. The number of thiophene rings is 1. The van der Waals surface area contributed by atoms with E-state index in [9.17, 15) is 0 Å². The average Bonchev–Trinajstić information content (AvgIpc) is 1.56. The maximum atomic E-state index is 6.99. The Morgan fingerprint density at radius 1 is 0.278 bits per heavy atom. The Hall–Kier alpha value is -13.9. The fraction of sp³-hybridized carbons (Fsp3) is 0.0417. The first kappa shape index (κ1) is 61.5. The standard InChI is InChI=1S/C51H32N4O2.C45H28N4OS/c1-3-13-31(14-4-1)32-15-11-16-33(29-32)49-52-50(34-25-28-44-40(30-34)36-19-8-10-23-43(36)56-44)54-51(53-49)39-21-12-24-45-46(39)38-26-27-42-47(48(38)57-45)37-20-7-9-22-41(37)55(42)35-17-5-2-6-18-35;1-3-12-27(13-4-1)43-46-44(28-22-23-31-30-16-8-10-21-38(30)51-39(31)26-28)48-45(47-43)34-18-11-20-37-40(34)33-24-25-36-41(42(33)50-37)32-17-7-9-19-35(32)49(36)29-14-5-2-6-15-29/h1-30,38,48H;1-26,33,42H. The predicted octanol–water partition coefficient (Wildman–Crippen LogP) is 24.1. The molecule has 0 amide bonds. The first-order valence-corrected chi connectivity index (χ1v) is 37.3. The van der Waals surface area contributed by atoms with Gasteiger partial charge in [-0.1, -0.05) is 237 Å². The molecule has 0 N–H and O–H groups in total. The van der Waals surface area contributed by atoms with Gasteiger partial charge in [0.05, 0.1) is 22.4 Å². The van der Waals surface area contributed by atoms with Crippen LogP contribution in [0.2, 0.25) is 0 Å². The Bertz CT molecular complexity index is 6920. The van der Waals surface area contributed by atoms with Crippen LogP contribution in [0.15, 0.2) is 332 Å². The summed E-state index contributed by atoms with van der Waals surface area (Å²) in [5.74, 6) is 5.39. The molecule has 19 aromatic rings. The number of nitrogens with zero attached hydrogens (tertiary/aromatic N) is 8. The fourth-order valence-corrected chi connectivity index (χ4v) is 18.0. The lowest BCUT2D eigenvalue weighted by Crippen LogP contribution is -2.14. The molecule has 4 unspecified atom stereocenters. The molecule has 108 heavy (non-hydrogen) atoms. The van der Waals surface area contributed by atoms with Crippen molar-refractivity contribution in [3.63, 3.8) is 0 Å². The molecule has 0 saturated heterocycles. The van der Waals surface area contributed by atoms with Crippen molar-refractivity contribution in [1.29, 1.82) is 0 Å². The Morgan fingerprint density at radius 3 is 1.30 bits per heavy atom. The van der Waals surface area contributed by atoms with Crippen molar-refractivity contribution in [2.75, 3.05) is 0 Å². The van der Waals surface area contributed by atoms with Crippen LogP contribution in [0, 0.1) is 0 Å². The van der Waals surface area contributed by atoms with Crippen LogP contribution in [0.5, 0.6) is 11.5 Å². The molecule has 2 aliphatic heterocycles. The quantitative estimate of drug-likeness (QED) is 0.139. The highest BCUT2D eigenvalue weighted by Gasteiger charge is 2.44. The lowest BCUT2D eigenvalue weighted by molar-refractivity contribution is 0.224. The highest BCUT2D eigenvalue weighted by Crippen LogP contribution is 2.58. The van der Waals surface area contributed by atoms with Gasteiger partial charge in [0.15, 0.2) is 34.9 Å². The summed E-state index contributed by atoms with van der Waals surface area (Å²) >= 11 is 1.80. The molecule has 6 aromatic heterocycles. The molecule has 0 spiro atoms. The van der Waals surface area contributed by atoms with E-state index in [1.54, 1.807) is 11.3 Å². The second-order valence-corrected chi connectivity index (χ2v) is 28.9. The van der Waals surface area contributed by atoms with Crippen LogP contribution in [-0.2, 0) is 0 Å². The zero-order valence-electron chi connectivity index (χ0n) is 57.9. The van der Waals surface area contributed by atoms with Crippen molar-refractivity contribution in [2.45, 2.75) is 24.0 Å². The summed E-state index contributed by atoms with van der Waals surface area (Å²) in [6, 6.07) is 109. The molecule has 2 aliphatic carbocycles. The largest absolute Gasteiger partial charge is 0.484 e. The van der Waals surface area contributed by atoms with Crippen LogP contribution in [0.4, 0.5) is 0 Å². The summed E-state index contributed by atoms with van der Waals surface area (Å²) in [7, 11) is 0. The normalized spacial score (nSPS) is 15.7. The van der Waals surface area contributed by atoms with Gasteiger partial charge in [0.25, 0.3) is 0 Å². The van der Waals surface area contributed by atoms with Crippen LogP contribution >= 0.6 is 11.3 Å². The van der Waals surface area contributed by atoms with E-state index in [2.05, 4.69) is 288 Å². The second kappa shape index (κ2) is 24.9. The third-order valence-electron chi connectivity index (χ3n) is 21.7. The van der Waals surface area contributed by atoms with Crippen molar-refractivity contribution in [3.8, 4) is 102 Å². The van der Waals surface area contributed by atoms with Gasteiger partial charge in [0.1, 0.15) is 34.9 Å². The molecule has 508 valence electrons. The smallest absolute Gasteiger partial charge is 0.164 e. The number of hydrogen-bond acceptors (Lipinski definition) is 10. The number of rotatable bonds is 9. The third-order valence-corrected chi connectivity index (χ3v) is 22.8. The number of aromatic nitrogens is 8. The van der Waals surface area contributed by atoms with Crippen LogP contribution < -0.4 is 9.47 Å². The summed E-state index contributed by atoms with van der Waals surface area (Å²) in [5.41, 5.74) is 21.0. The first-order chi connectivity index (χ1) is 53.5. The number of benzene rings is 13. The predicted molar refractivity (Wildman–Crippen MR) is 435 cm³/mol. The Balaban J connectivity index is 0.000000135. The minimum atomic E-state index is -0.212. The van der Waals surface area contributed by atoms with Crippen molar-refractivity contribution >= 4 is 87.4 Å². The molecule has 8 heterocycles. The van der Waals surface area contributed by atoms with E-state index in [4.69, 9.17) is 43.8 Å². The van der Waals surface area contributed by atoms with E-state index in [1.807, 2.05) is 60.7 Å². The van der Waals surface area contributed by atoms with Gasteiger partial charge in [-0.2, -0.15) is 0 Å². The number of fused-ring (bicyclic) bond motifs is 20. The van der Waals surface area contributed by atoms with Gasteiger partial charge in [0, 0.05) is 121 Å².